The van der Waals surface area contributed by atoms with Gasteiger partial charge in [0.25, 0.3) is 0 Å². The number of benzene rings is 2. The highest BCUT2D eigenvalue weighted by atomic mass is 16.5. The summed E-state index contributed by atoms with van der Waals surface area (Å²) in [5.41, 5.74) is 2.94. The summed E-state index contributed by atoms with van der Waals surface area (Å²) in [4.78, 5) is 25.9. The van der Waals surface area contributed by atoms with Gasteiger partial charge in [0.2, 0.25) is 17.6 Å². The second-order valence-corrected chi connectivity index (χ2v) is 7.25. The van der Waals surface area contributed by atoms with Crippen molar-refractivity contribution in [2.75, 3.05) is 45.9 Å². The molecule has 8 heteroatoms. The third-order valence-corrected chi connectivity index (χ3v) is 5.19. The highest BCUT2D eigenvalue weighted by Gasteiger charge is 2.16. The van der Waals surface area contributed by atoms with Crippen LogP contribution in [0.2, 0.25) is 0 Å². The molecule has 1 saturated heterocycles. The Morgan fingerprint density at radius 3 is 2.29 bits per heavy atom. The Kier molecular flexibility index (Phi) is 7.59. The van der Waals surface area contributed by atoms with E-state index in [1.54, 1.807) is 21.3 Å². The van der Waals surface area contributed by atoms with Gasteiger partial charge in [-0.2, -0.15) is 0 Å². The lowest BCUT2D eigenvalue weighted by Gasteiger charge is -2.28. The second-order valence-electron chi connectivity index (χ2n) is 7.25. The van der Waals surface area contributed by atoms with Gasteiger partial charge in [-0.1, -0.05) is 12.1 Å². The van der Waals surface area contributed by atoms with E-state index >= 15 is 0 Å². The number of anilines is 1. The molecule has 1 aliphatic rings. The van der Waals surface area contributed by atoms with Crippen molar-refractivity contribution < 1.29 is 23.8 Å². The molecule has 3 rings (SSSR count). The molecular weight excluding hydrogens is 398 g/mol. The van der Waals surface area contributed by atoms with Crippen molar-refractivity contribution >= 4 is 17.5 Å². The van der Waals surface area contributed by atoms with Crippen LogP contribution in [-0.4, -0.2) is 52.8 Å². The van der Waals surface area contributed by atoms with E-state index in [1.165, 1.54) is 0 Å². The Balaban J connectivity index is 1.51. The van der Waals surface area contributed by atoms with Crippen molar-refractivity contribution in [1.82, 2.24) is 10.6 Å². The molecule has 0 unspecified atom stereocenters. The van der Waals surface area contributed by atoms with Crippen LogP contribution in [0.3, 0.4) is 0 Å². The molecule has 0 radical (unpaired) electrons. The maximum atomic E-state index is 12.3. The smallest absolute Gasteiger partial charge is 0.239 e. The van der Waals surface area contributed by atoms with Crippen molar-refractivity contribution in [3.05, 3.63) is 47.5 Å². The van der Waals surface area contributed by atoms with E-state index in [1.807, 2.05) is 41.3 Å². The second kappa shape index (κ2) is 10.6. The van der Waals surface area contributed by atoms with Crippen LogP contribution in [0.1, 0.15) is 17.5 Å². The summed E-state index contributed by atoms with van der Waals surface area (Å²) in [6.45, 7) is 2.28. The minimum atomic E-state index is -0.0365. The number of piperazine rings is 1. The lowest BCUT2D eigenvalue weighted by Crippen LogP contribution is -2.47. The SMILES string of the molecule is COc1cc(CCC(=O)NCc2ccc(N3CCNC(=O)C3)cc2)cc(OC)c1OC. The standard InChI is InChI=1S/C23H29N3O5/c1-29-19-12-17(13-20(30-2)23(19)31-3)6-9-21(27)25-14-16-4-7-18(8-5-16)26-11-10-24-22(28)15-26/h4-5,7-8,12-13H,6,9-11,14-15H2,1-3H3,(H,24,28)(H,25,27). The van der Waals surface area contributed by atoms with Crippen molar-refractivity contribution in [3.8, 4) is 17.2 Å². The van der Waals surface area contributed by atoms with Gasteiger partial charge in [0.1, 0.15) is 0 Å². The molecule has 1 aliphatic heterocycles. The fourth-order valence-electron chi connectivity index (χ4n) is 3.51. The van der Waals surface area contributed by atoms with Gasteiger partial charge in [-0.25, -0.2) is 0 Å². The minimum Gasteiger partial charge on any atom is -0.493 e. The van der Waals surface area contributed by atoms with E-state index in [-0.39, 0.29) is 11.8 Å². The molecule has 0 aromatic heterocycles. The number of carbonyl (C=O) groups excluding carboxylic acids is 2. The van der Waals surface area contributed by atoms with Gasteiger partial charge in [-0.05, 0) is 41.8 Å². The number of nitrogens with one attached hydrogen (secondary N) is 2. The molecule has 0 atom stereocenters. The van der Waals surface area contributed by atoms with Gasteiger partial charge in [0.05, 0.1) is 27.9 Å². The van der Waals surface area contributed by atoms with Crippen LogP contribution < -0.4 is 29.7 Å². The molecule has 2 amide bonds. The molecule has 0 bridgehead atoms. The maximum Gasteiger partial charge on any atom is 0.239 e. The third-order valence-electron chi connectivity index (χ3n) is 5.19. The molecule has 2 N–H and O–H groups in total. The highest BCUT2D eigenvalue weighted by molar-refractivity contribution is 5.82. The molecule has 2 aromatic carbocycles. The fraction of sp³-hybridized carbons (Fsp3) is 0.391. The van der Waals surface area contributed by atoms with E-state index in [0.717, 1.165) is 23.4 Å². The molecular formula is C23H29N3O5. The summed E-state index contributed by atoms with van der Waals surface area (Å²) in [5, 5.41) is 5.77. The van der Waals surface area contributed by atoms with Gasteiger partial charge in [-0.3, -0.25) is 9.59 Å². The minimum absolute atomic E-state index is 0.0365. The Morgan fingerprint density at radius 1 is 1.03 bits per heavy atom. The summed E-state index contributed by atoms with van der Waals surface area (Å²) < 4.78 is 16.0. The first-order chi connectivity index (χ1) is 15.0. The average Bonchev–Trinajstić information content (AvgIpc) is 2.80. The molecule has 0 aliphatic carbocycles. The van der Waals surface area contributed by atoms with Gasteiger partial charge in [0.15, 0.2) is 11.5 Å². The summed E-state index contributed by atoms with van der Waals surface area (Å²) in [5.74, 6) is 1.68. The lowest BCUT2D eigenvalue weighted by atomic mass is 10.1. The largest absolute Gasteiger partial charge is 0.493 e. The molecule has 0 saturated carbocycles. The quantitative estimate of drug-likeness (QED) is 0.636. The number of rotatable bonds is 9. The summed E-state index contributed by atoms with van der Waals surface area (Å²) in [6.07, 6.45) is 0.901. The lowest BCUT2D eigenvalue weighted by molar-refractivity contribution is -0.121. The van der Waals surface area contributed by atoms with Gasteiger partial charge < -0.3 is 29.7 Å². The Hall–Kier alpha value is -3.42. The molecule has 2 aromatic rings. The topological polar surface area (TPSA) is 89.1 Å². The number of hydrogen-bond donors (Lipinski definition) is 2. The zero-order chi connectivity index (χ0) is 22.2. The van der Waals surface area contributed by atoms with Crippen LogP contribution in [0, 0.1) is 0 Å². The van der Waals surface area contributed by atoms with Crippen LogP contribution in [0.5, 0.6) is 17.2 Å². The summed E-state index contributed by atoms with van der Waals surface area (Å²) in [6, 6.07) is 11.6. The molecule has 31 heavy (non-hydrogen) atoms. The van der Waals surface area contributed by atoms with Crippen molar-refractivity contribution in [2.45, 2.75) is 19.4 Å². The number of hydrogen-bond acceptors (Lipinski definition) is 6. The number of aryl methyl sites for hydroxylation is 1. The molecule has 1 heterocycles. The maximum absolute atomic E-state index is 12.3. The predicted molar refractivity (Wildman–Crippen MR) is 118 cm³/mol. The fourth-order valence-corrected chi connectivity index (χ4v) is 3.51. The number of ether oxygens (including phenoxy) is 3. The van der Waals surface area contributed by atoms with Crippen LogP contribution in [0.25, 0.3) is 0 Å². The third kappa shape index (κ3) is 5.81. The number of methoxy groups -OCH3 is 3. The number of carbonyl (C=O) groups is 2. The zero-order valence-corrected chi connectivity index (χ0v) is 18.2. The van der Waals surface area contributed by atoms with Gasteiger partial charge in [-0.15, -0.1) is 0 Å². The van der Waals surface area contributed by atoms with E-state index in [4.69, 9.17) is 14.2 Å². The first-order valence-electron chi connectivity index (χ1n) is 10.2. The van der Waals surface area contributed by atoms with Gasteiger partial charge in [0, 0.05) is 31.7 Å². The van der Waals surface area contributed by atoms with Crippen LogP contribution >= 0.6 is 0 Å². The van der Waals surface area contributed by atoms with E-state index in [0.29, 0.717) is 49.7 Å². The average molecular weight is 428 g/mol. The number of nitrogens with zero attached hydrogens (tertiary/aromatic N) is 1. The summed E-state index contributed by atoms with van der Waals surface area (Å²) >= 11 is 0. The molecule has 0 spiro atoms. The molecule has 166 valence electrons. The van der Waals surface area contributed by atoms with Crippen LogP contribution in [0.15, 0.2) is 36.4 Å². The normalized spacial score (nSPS) is 13.4. The van der Waals surface area contributed by atoms with Crippen molar-refractivity contribution in [1.29, 1.82) is 0 Å². The summed E-state index contributed by atoms with van der Waals surface area (Å²) in [7, 11) is 4.70. The zero-order valence-electron chi connectivity index (χ0n) is 18.2. The highest BCUT2D eigenvalue weighted by Crippen LogP contribution is 2.38. The van der Waals surface area contributed by atoms with Gasteiger partial charge >= 0.3 is 0 Å². The van der Waals surface area contributed by atoms with Crippen molar-refractivity contribution in [3.63, 3.8) is 0 Å². The Morgan fingerprint density at radius 2 is 1.71 bits per heavy atom. The first kappa shape index (κ1) is 22.3. The molecule has 8 nitrogen and oxygen atoms in total. The van der Waals surface area contributed by atoms with E-state index in [2.05, 4.69) is 10.6 Å². The monoisotopic (exact) mass is 427 g/mol. The first-order valence-corrected chi connectivity index (χ1v) is 10.2. The Bertz CT molecular complexity index is 889. The van der Waals surface area contributed by atoms with Crippen LogP contribution in [-0.2, 0) is 22.6 Å². The Labute approximate surface area is 182 Å². The van der Waals surface area contributed by atoms with E-state index < -0.39 is 0 Å². The molecule has 1 fully saturated rings. The number of amides is 2. The van der Waals surface area contributed by atoms with Crippen LogP contribution in [0.4, 0.5) is 5.69 Å². The van der Waals surface area contributed by atoms with Crippen molar-refractivity contribution in [2.24, 2.45) is 0 Å². The van der Waals surface area contributed by atoms with E-state index in [9.17, 15) is 9.59 Å². The predicted octanol–water partition coefficient (Wildman–Crippen LogP) is 1.90.